The first-order valence-corrected chi connectivity index (χ1v) is 10.4. The van der Waals surface area contributed by atoms with E-state index in [0.29, 0.717) is 49.6 Å². The quantitative estimate of drug-likeness (QED) is 0.426. The van der Waals surface area contributed by atoms with Crippen LogP contribution in [0.3, 0.4) is 0 Å². The number of imidazole rings is 1. The van der Waals surface area contributed by atoms with Gasteiger partial charge in [-0.05, 0) is 50.5 Å². The normalized spacial score (nSPS) is 12.6. The van der Waals surface area contributed by atoms with Gasteiger partial charge in [0.25, 0.3) is 5.56 Å². The molecule has 2 aromatic heterocycles. The topological polar surface area (TPSA) is 112 Å². The highest BCUT2D eigenvalue weighted by Gasteiger charge is 2.24. The summed E-state index contributed by atoms with van der Waals surface area (Å²) >= 11 is 0. The van der Waals surface area contributed by atoms with Gasteiger partial charge in [0.05, 0.1) is 18.2 Å². The molecule has 1 aliphatic rings. The lowest BCUT2D eigenvalue weighted by atomic mass is 10.1. The highest BCUT2D eigenvalue weighted by atomic mass is 16.5. The van der Waals surface area contributed by atoms with Gasteiger partial charge >= 0.3 is 11.7 Å². The van der Waals surface area contributed by atoms with Crippen molar-refractivity contribution >= 4 is 17.1 Å². The number of unbranched alkanes of at least 4 members (excludes halogenated alkanes) is 1. The van der Waals surface area contributed by atoms with Gasteiger partial charge in [-0.1, -0.05) is 0 Å². The van der Waals surface area contributed by atoms with Gasteiger partial charge in [0.1, 0.15) is 5.82 Å². The van der Waals surface area contributed by atoms with Crippen molar-refractivity contribution < 1.29 is 9.53 Å². The van der Waals surface area contributed by atoms with Gasteiger partial charge in [-0.3, -0.25) is 18.7 Å². The molecule has 0 saturated carbocycles. The number of hydrogen-bond acceptors (Lipinski definition) is 6. The van der Waals surface area contributed by atoms with E-state index >= 15 is 0 Å². The summed E-state index contributed by atoms with van der Waals surface area (Å²) in [4.78, 5) is 42.3. The zero-order valence-electron chi connectivity index (χ0n) is 17.3. The number of esters is 1. The summed E-state index contributed by atoms with van der Waals surface area (Å²) in [5, 5.41) is 9.02. The fraction of sp³-hybridized carbons (Fsp3) is 0.409. The largest absolute Gasteiger partial charge is 0.466 e. The Morgan fingerprint density at radius 1 is 1.16 bits per heavy atom. The molecular formula is C22H23N5O4. The second-order valence-electron chi connectivity index (χ2n) is 7.46. The van der Waals surface area contributed by atoms with Crippen molar-refractivity contribution in [3.8, 4) is 17.5 Å². The third-order valence-electron chi connectivity index (χ3n) is 5.46. The SMILES string of the molecule is CCOC(=O)CCCCn1c(=O)c2nc(-c3ccc(C#N)cc3)n3c2n(c1=O)CCC3. The number of aryl methyl sites for hydroxylation is 2. The van der Waals surface area contributed by atoms with Crippen molar-refractivity contribution in [2.75, 3.05) is 6.61 Å². The summed E-state index contributed by atoms with van der Waals surface area (Å²) in [5.41, 5.74) is 1.38. The van der Waals surface area contributed by atoms with Crippen molar-refractivity contribution in [1.82, 2.24) is 18.7 Å². The van der Waals surface area contributed by atoms with Gasteiger partial charge in [0, 0.05) is 31.6 Å². The predicted molar refractivity (Wildman–Crippen MR) is 114 cm³/mol. The highest BCUT2D eigenvalue weighted by molar-refractivity contribution is 5.77. The molecule has 0 amide bonds. The van der Waals surface area contributed by atoms with Gasteiger partial charge in [-0.2, -0.15) is 5.26 Å². The Hall–Kier alpha value is -3.67. The summed E-state index contributed by atoms with van der Waals surface area (Å²) in [7, 11) is 0. The molecule has 0 aliphatic carbocycles. The number of carbonyl (C=O) groups is 1. The molecule has 0 bridgehead atoms. The molecule has 0 N–H and O–H groups in total. The zero-order valence-corrected chi connectivity index (χ0v) is 17.3. The molecule has 0 spiro atoms. The van der Waals surface area contributed by atoms with E-state index in [1.54, 1.807) is 35.8 Å². The monoisotopic (exact) mass is 421 g/mol. The van der Waals surface area contributed by atoms with E-state index in [2.05, 4.69) is 11.1 Å². The molecule has 1 aromatic carbocycles. The van der Waals surface area contributed by atoms with Crippen LogP contribution >= 0.6 is 0 Å². The maximum Gasteiger partial charge on any atom is 0.332 e. The molecule has 0 radical (unpaired) electrons. The third kappa shape index (κ3) is 3.77. The van der Waals surface area contributed by atoms with Crippen molar-refractivity contribution in [2.24, 2.45) is 0 Å². The van der Waals surface area contributed by atoms with Crippen LogP contribution < -0.4 is 11.2 Å². The average Bonchev–Trinajstić information content (AvgIpc) is 3.18. The minimum Gasteiger partial charge on any atom is -0.466 e. The molecule has 0 saturated heterocycles. The van der Waals surface area contributed by atoms with Gasteiger partial charge in [-0.25, -0.2) is 9.78 Å². The molecule has 3 aromatic rings. The van der Waals surface area contributed by atoms with Crippen LogP contribution in [0.5, 0.6) is 0 Å². The molecule has 0 unspecified atom stereocenters. The van der Waals surface area contributed by atoms with Crippen molar-refractivity contribution in [1.29, 1.82) is 5.26 Å². The lowest BCUT2D eigenvalue weighted by molar-refractivity contribution is -0.143. The van der Waals surface area contributed by atoms with Crippen molar-refractivity contribution in [3.63, 3.8) is 0 Å². The Kier molecular flexibility index (Phi) is 5.71. The fourth-order valence-corrected chi connectivity index (χ4v) is 4.00. The first-order chi connectivity index (χ1) is 15.0. The number of aromatic nitrogens is 4. The number of benzene rings is 1. The number of ether oxygens (including phenoxy) is 1. The summed E-state index contributed by atoms with van der Waals surface area (Å²) < 4.78 is 9.66. The Bertz CT molecular complexity index is 1290. The molecule has 31 heavy (non-hydrogen) atoms. The van der Waals surface area contributed by atoms with Gasteiger partial charge in [-0.15, -0.1) is 0 Å². The molecule has 160 valence electrons. The van der Waals surface area contributed by atoms with Crippen LogP contribution in [0, 0.1) is 11.3 Å². The molecule has 1 aliphatic heterocycles. The van der Waals surface area contributed by atoms with Crippen LogP contribution in [-0.4, -0.2) is 31.3 Å². The van der Waals surface area contributed by atoms with Gasteiger partial charge in [0.2, 0.25) is 0 Å². The number of hydrogen-bond donors (Lipinski definition) is 0. The van der Waals surface area contributed by atoms with Crippen LogP contribution in [0.15, 0.2) is 33.9 Å². The molecule has 0 fully saturated rings. The lowest BCUT2D eigenvalue weighted by Gasteiger charge is -2.19. The predicted octanol–water partition coefficient (Wildman–Crippen LogP) is 2.04. The Balaban J connectivity index is 1.71. The van der Waals surface area contributed by atoms with Crippen LogP contribution in [-0.2, 0) is 29.2 Å². The smallest absolute Gasteiger partial charge is 0.332 e. The van der Waals surface area contributed by atoms with E-state index in [1.165, 1.54) is 4.57 Å². The molecular weight excluding hydrogens is 398 g/mol. The molecule has 0 atom stereocenters. The molecule has 9 nitrogen and oxygen atoms in total. The number of nitrogens with zero attached hydrogens (tertiary/aromatic N) is 5. The summed E-state index contributed by atoms with van der Waals surface area (Å²) in [6.07, 6.45) is 2.07. The second kappa shape index (κ2) is 8.60. The van der Waals surface area contributed by atoms with Gasteiger partial charge in [0.15, 0.2) is 11.2 Å². The summed E-state index contributed by atoms with van der Waals surface area (Å²) in [5.74, 6) is 0.340. The zero-order chi connectivity index (χ0) is 22.0. The molecule has 3 heterocycles. The average molecular weight is 421 g/mol. The Labute approximate surface area is 178 Å². The van der Waals surface area contributed by atoms with Crippen LogP contribution in [0.25, 0.3) is 22.6 Å². The number of rotatable bonds is 7. The van der Waals surface area contributed by atoms with E-state index in [1.807, 2.05) is 4.57 Å². The van der Waals surface area contributed by atoms with Crippen molar-refractivity contribution in [3.05, 3.63) is 50.7 Å². The Morgan fingerprint density at radius 3 is 2.61 bits per heavy atom. The van der Waals surface area contributed by atoms with Crippen LogP contribution in [0.4, 0.5) is 0 Å². The first-order valence-electron chi connectivity index (χ1n) is 10.4. The van der Waals surface area contributed by atoms with Crippen molar-refractivity contribution in [2.45, 2.75) is 52.2 Å². The van der Waals surface area contributed by atoms with E-state index < -0.39 is 5.56 Å². The number of carbonyl (C=O) groups excluding carboxylic acids is 1. The van der Waals surface area contributed by atoms with E-state index in [0.717, 1.165) is 12.0 Å². The Morgan fingerprint density at radius 2 is 1.90 bits per heavy atom. The van der Waals surface area contributed by atoms with E-state index in [4.69, 9.17) is 10.00 Å². The fourth-order valence-electron chi connectivity index (χ4n) is 4.00. The van der Waals surface area contributed by atoms with Crippen LogP contribution in [0.2, 0.25) is 0 Å². The maximum atomic E-state index is 13.1. The standard InChI is InChI=1S/C22H23N5O4/c1-2-31-17(28)6-3-4-11-27-21(29)18-20-25(12-5-13-26(20)22(27)30)19(24-18)16-9-7-15(14-23)8-10-16/h7-10H,2-6,11-13H2,1H3. The van der Waals surface area contributed by atoms with Gasteiger partial charge < -0.3 is 9.30 Å². The number of nitriles is 1. The van der Waals surface area contributed by atoms with Crippen LogP contribution in [0.1, 0.15) is 38.2 Å². The first kappa shape index (κ1) is 20.6. The molecule has 4 rings (SSSR count). The second-order valence-corrected chi connectivity index (χ2v) is 7.46. The lowest BCUT2D eigenvalue weighted by Crippen LogP contribution is -2.41. The van der Waals surface area contributed by atoms with E-state index in [9.17, 15) is 14.4 Å². The minimum absolute atomic E-state index is 0.228. The maximum absolute atomic E-state index is 13.1. The summed E-state index contributed by atoms with van der Waals surface area (Å²) in [6.45, 7) is 3.51. The highest BCUT2D eigenvalue weighted by Crippen LogP contribution is 2.26. The molecule has 9 heteroatoms. The van der Waals surface area contributed by atoms with E-state index in [-0.39, 0.29) is 30.1 Å². The third-order valence-corrected chi connectivity index (χ3v) is 5.46. The summed E-state index contributed by atoms with van der Waals surface area (Å²) in [6, 6.07) is 9.10. The minimum atomic E-state index is -0.414.